The molecule has 0 aromatic rings. The van der Waals surface area contributed by atoms with E-state index in [1.165, 1.54) is 0 Å². The number of hydrogen-bond donors (Lipinski definition) is 2. The fourth-order valence-corrected chi connectivity index (χ4v) is 1.22. The first kappa shape index (κ1) is 13.1. The predicted octanol–water partition coefficient (Wildman–Crippen LogP) is 0.470. The molecular weight excluding hydrogens is 180 g/mol. The molecule has 0 spiro atoms. The van der Waals surface area contributed by atoms with Crippen molar-refractivity contribution in [2.45, 2.75) is 39.2 Å². The van der Waals surface area contributed by atoms with Gasteiger partial charge in [0.2, 0.25) is 5.78 Å². The number of Topliss-reactive ketones (excluding diaryl/α,β-unsaturated/α-hetero) is 1. The molecule has 1 atom stereocenters. The first-order chi connectivity index (χ1) is 6.67. The molecule has 4 heteroatoms. The van der Waals surface area contributed by atoms with E-state index >= 15 is 0 Å². The van der Waals surface area contributed by atoms with Crippen LogP contribution in [0.2, 0.25) is 0 Å². The van der Waals surface area contributed by atoms with Crippen molar-refractivity contribution in [2.75, 3.05) is 13.6 Å². The monoisotopic (exact) mass is 200 g/mol. The molecule has 4 nitrogen and oxygen atoms in total. The lowest BCUT2D eigenvalue weighted by molar-refractivity contribution is -0.139. The van der Waals surface area contributed by atoms with Crippen molar-refractivity contribution in [3.05, 3.63) is 0 Å². The Kier molecular flexibility index (Phi) is 7.02. The maximum absolute atomic E-state index is 11.5. The Bertz CT molecular complexity index is 193. The summed E-state index contributed by atoms with van der Waals surface area (Å²) in [6.45, 7) is 4.35. The minimum atomic E-state index is -0.483. The highest BCUT2D eigenvalue weighted by atomic mass is 16.2. The summed E-state index contributed by atoms with van der Waals surface area (Å²) in [6, 6.07) is -0.332. The van der Waals surface area contributed by atoms with Gasteiger partial charge < -0.3 is 10.6 Å². The number of ketones is 1. The molecular formula is C10H20N2O2. The van der Waals surface area contributed by atoms with Crippen LogP contribution in [-0.4, -0.2) is 31.3 Å². The molecule has 0 saturated carbocycles. The molecule has 0 aliphatic rings. The Morgan fingerprint density at radius 2 is 1.93 bits per heavy atom. The SMILES string of the molecule is CCCCC(NC)C(=O)C(=O)NCC. The van der Waals surface area contributed by atoms with Gasteiger partial charge in [0.1, 0.15) is 0 Å². The third-order valence-corrected chi connectivity index (χ3v) is 2.07. The fourth-order valence-electron chi connectivity index (χ4n) is 1.22. The number of carbonyl (C=O) groups is 2. The van der Waals surface area contributed by atoms with Gasteiger partial charge in [0, 0.05) is 6.54 Å². The molecule has 0 aromatic heterocycles. The summed E-state index contributed by atoms with van der Waals surface area (Å²) in [5.41, 5.74) is 0. The average Bonchev–Trinajstić information content (AvgIpc) is 2.19. The number of hydrogen-bond acceptors (Lipinski definition) is 3. The van der Waals surface area contributed by atoms with Crippen LogP contribution in [0.3, 0.4) is 0 Å². The lowest BCUT2D eigenvalue weighted by Crippen LogP contribution is -2.44. The Balaban J connectivity index is 4.09. The van der Waals surface area contributed by atoms with Crippen molar-refractivity contribution < 1.29 is 9.59 Å². The van der Waals surface area contributed by atoms with Crippen LogP contribution in [-0.2, 0) is 9.59 Å². The number of carbonyl (C=O) groups excluding carboxylic acids is 2. The molecule has 1 amide bonds. The molecule has 0 fully saturated rings. The molecule has 2 N–H and O–H groups in total. The summed E-state index contributed by atoms with van der Waals surface area (Å²) in [4.78, 5) is 22.7. The third-order valence-electron chi connectivity index (χ3n) is 2.07. The zero-order valence-electron chi connectivity index (χ0n) is 9.22. The van der Waals surface area contributed by atoms with Crippen LogP contribution in [0.15, 0.2) is 0 Å². The van der Waals surface area contributed by atoms with Gasteiger partial charge in [0.05, 0.1) is 6.04 Å². The Morgan fingerprint density at radius 1 is 1.29 bits per heavy atom. The summed E-state index contributed by atoms with van der Waals surface area (Å²) in [7, 11) is 1.71. The normalized spacial score (nSPS) is 12.2. The van der Waals surface area contributed by atoms with E-state index in [2.05, 4.69) is 17.6 Å². The molecule has 0 aliphatic heterocycles. The van der Waals surface area contributed by atoms with E-state index in [1.807, 2.05) is 0 Å². The molecule has 0 aliphatic carbocycles. The van der Waals surface area contributed by atoms with E-state index in [0.717, 1.165) is 19.3 Å². The lowest BCUT2D eigenvalue weighted by Gasteiger charge is -2.13. The highest BCUT2D eigenvalue weighted by Crippen LogP contribution is 2.01. The van der Waals surface area contributed by atoms with Gasteiger partial charge in [-0.15, -0.1) is 0 Å². The predicted molar refractivity (Wildman–Crippen MR) is 56.1 cm³/mol. The van der Waals surface area contributed by atoms with E-state index in [-0.39, 0.29) is 11.8 Å². The van der Waals surface area contributed by atoms with E-state index < -0.39 is 5.91 Å². The summed E-state index contributed by atoms with van der Waals surface area (Å²) < 4.78 is 0. The number of amides is 1. The second-order valence-corrected chi connectivity index (χ2v) is 3.21. The van der Waals surface area contributed by atoms with Crippen LogP contribution in [0.1, 0.15) is 33.1 Å². The quantitative estimate of drug-likeness (QED) is 0.587. The molecule has 0 rings (SSSR count). The Morgan fingerprint density at radius 3 is 2.36 bits per heavy atom. The number of rotatable bonds is 7. The summed E-state index contributed by atoms with van der Waals surface area (Å²) >= 11 is 0. The van der Waals surface area contributed by atoms with Crippen molar-refractivity contribution >= 4 is 11.7 Å². The van der Waals surface area contributed by atoms with E-state index in [1.54, 1.807) is 14.0 Å². The zero-order chi connectivity index (χ0) is 11.0. The maximum Gasteiger partial charge on any atom is 0.289 e. The van der Waals surface area contributed by atoms with Gasteiger partial charge >= 0.3 is 0 Å². The van der Waals surface area contributed by atoms with Gasteiger partial charge in [0.15, 0.2) is 0 Å². The summed E-state index contributed by atoms with van der Waals surface area (Å²) in [5.74, 6) is -0.842. The van der Waals surface area contributed by atoms with Crippen LogP contribution in [0.5, 0.6) is 0 Å². The topological polar surface area (TPSA) is 58.2 Å². The standard InChI is InChI=1S/C10H20N2O2/c1-4-6-7-8(11-3)9(13)10(14)12-5-2/h8,11H,4-7H2,1-3H3,(H,12,14). The summed E-state index contributed by atoms with van der Waals surface area (Å²) in [5, 5.41) is 5.37. The molecule has 0 aromatic carbocycles. The Hall–Kier alpha value is -0.900. The average molecular weight is 200 g/mol. The highest BCUT2D eigenvalue weighted by molar-refractivity contribution is 6.38. The molecule has 0 heterocycles. The van der Waals surface area contributed by atoms with Crippen LogP contribution in [0, 0.1) is 0 Å². The second-order valence-electron chi connectivity index (χ2n) is 3.21. The van der Waals surface area contributed by atoms with Gasteiger partial charge in [0.25, 0.3) is 5.91 Å². The van der Waals surface area contributed by atoms with Crippen molar-refractivity contribution in [1.29, 1.82) is 0 Å². The smallest absolute Gasteiger partial charge is 0.289 e. The first-order valence-electron chi connectivity index (χ1n) is 5.16. The zero-order valence-corrected chi connectivity index (χ0v) is 9.22. The van der Waals surface area contributed by atoms with Gasteiger partial charge in [-0.25, -0.2) is 0 Å². The van der Waals surface area contributed by atoms with Crippen LogP contribution in [0.4, 0.5) is 0 Å². The van der Waals surface area contributed by atoms with Crippen molar-refractivity contribution in [2.24, 2.45) is 0 Å². The van der Waals surface area contributed by atoms with Gasteiger partial charge in [-0.3, -0.25) is 9.59 Å². The van der Waals surface area contributed by atoms with Crippen LogP contribution < -0.4 is 10.6 Å². The van der Waals surface area contributed by atoms with Crippen LogP contribution >= 0.6 is 0 Å². The minimum Gasteiger partial charge on any atom is -0.350 e. The summed E-state index contributed by atoms with van der Waals surface area (Å²) in [6.07, 6.45) is 2.71. The minimum absolute atomic E-state index is 0.332. The van der Waals surface area contributed by atoms with E-state index in [4.69, 9.17) is 0 Å². The van der Waals surface area contributed by atoms with Crippen molar-refractivity contribution in [1.82, 2.24) is 10.6 Å². The van der Waals surface area contributed by atoms with Crippen molar-refractivity contribution in [3.63, 3.8) is 0 Å². The molecule has 0 bridgehead atoms. The third kappa shape index (κ3) is 4.37. The Labute approximate surface area is 85.4 Å². The van der Waals surface area contributed by atoms with Gasteiger partial charge in [-0.1, -0.05) is 19.8 Å². The van der Waals surface area contributed by atoms with E-state index in [9.17, 15) is 9.59 Å². The van der Waals surface area contributed by atoms with Gasteiger partial charge in [-0.05, 0) is 20.4 Å². The van der Waals surface area contributed by atoms with Crippen LogP contribution in [0.25, 0.3) is 0 Å². The molecule has 0 radical (unpaired) electrons. The first-order valence-corrected chi connectivity index (χ1v) is 5.16. The number of likely N-dealkylation sites (N-methyl/N-ethyl adjacent to an activating group) is 2. The number of nitrogens with one attached hydrogen (secondary N) is 2. The second kappa shape index (κ2) is 7.50. The molecule has 0 saturated heterocycles. The molecule has 82 valence electrons. The highest BCUT2D eigenvalue weighted by Gasteiger charge is 2.22. The molecule has 14 heavy (non-hydrogen) atoms. The van der Waals surface area contributed by atoms with Crippen molar-refractivity contribution in [3.8, 4) is 0 Å². The number of unbranched alkanes of at least 4 members (excludes halogenated alkanes) is 1. The molecule has 1 unspecified atom stereocenters. The fraction of sp³-hybridized carbons (Fsp3) is 0.800. The maximum atomic E-state index is 11.5. The van der Waals surface area contributed by atoms with Gasteiger partial charge in [-0.2, -0.15) is 0 Å². The van der Waals surface area contributed by atoms with E-state index in [0.29, 0.717) is 6.54 Å². The largest absolute Gasteiger partial charge is 0.350 e. The lowest BCUT2D eigenvalue weighted by atomic mass is 10.1.